The van der Waals surface area contributed by atoms with E-state index in [0.29, 0.717) is 22.5 Å². The van der Waals surface area contributed by atoms with E-state index < -0.39 is 0 Å². The van der Waals surface area contributed by atoms with Crippen molar-refractivity contribution in [2.45, 2.75) is 6.54 Å². The highest BCUT2D eigenvalue weighted by molar-refractivity contribution is 7.15. The summed E-state index contributed by atoms with van der Waals surface area (Å²) >= 11 is 7.37. The summed E-state index contributed by atoms with van der Waals surface area (Å²) in [6, 6.07) is 15.8. The van der Waals surface area contributed by atoms with Crippen molar-refractivity contribution in [3.05, 3.63) is 76.5 Å². The molecule has 0 saturated carbocycles. The summed E-state index contributed by atoms with van der Waals surface area (Å²) in [5.41, 5.74) is 4.42. The Hall–Kier alpha value is -3.36. The van der Waals surface area contributed by atoms with Gasteiger partial charge in [-0.05, 0) is 36.4 Å². The van der Waals surface area contributed by atoms with Crippen molar-refractivity contribution in [1.82, 2.24) is 29.8 Å². The van der Waals surface area contributed by atoms with Crippen molar-refractivity contribution in [3.8, 4) is 22.6 Å². The number of nitrogens with zero attached hydrogens (tertiary/aromatic N) is 6. The van der Waals surface area contributed by atoms with Gasteiger partial charge in [-0.15, -0.1) is 21.5 Å². The summed E-state index contributed by atoms with van der Waals surface area (Å²) in [5, 5.41) is 16.7. The van der Waals surface area contributed by atoms with Gasteiger partial charge in [0.25, 0.3) is 0 Å². The van der Waals surface area contributed by atoms with Crippen molar-refractivity contribution < 1.29 is 0 Å². The number of pyridine rings is 1. The number of aromatic nitrogens is 6. The molecule has 0 amide bonds. The maximum atomic E-state index is 5.90. The molecule has 0 spiro atoms. The van der Waals surface area contributed by atoms with Crippen LogP contribution in [-0.4, -0.2) is 29.8 Å². The Kier molecular flexibility index (Phi) is 4.63. The first-order chi connectivity index (χ1) is 14.3. The lowest BCUT2D eigenvalue weighted by Gasteiger charge is -2.08. The standard InChI is InChI=1S/C20H14ClN7S/c21-20-24-12-16(29-20)11-23-15-3-1-2-14(10-15)17-4-5-18-25-26-19(28(18)27-17)13-6-8-22-9-7-13/h1-10,12,23H,11H2. The summed E-state index contributed by atoms with van der Waals surface area (Å²) in [6.07, 6.45) is 5.24. The third kappa shape index (κ3) is 3.67. The number of rotatable bonds is 5. The first-order valence-corrected chi connectivity index (χ1v) is 10.0. The molecule has 0 unspecified atom stereocenters. The molecular formula is C20H14ClN7S. The molecule has 0 radical (unpaired) electrons. The second-order valence-corrected chi connectivity index (χ2v) is 7.96. The van der Waals surface area contributed by atoms with Crippen LogP contribution in [0.5, 0.6) is 0 Å². The van der Waals surface area contributed by atoms with Crippen LogP contribution >= 0.6 is 22.9 Å². The molecule has 0 aliphatic carbocycles. The third-order valence-electron chi connectivity index (χ3n) is 4.35. The molecule has 4 heterocycles. The van der Waals surface area contributed by atoms with Gasteiger partial charge in [-0.25, -0.2) is 4.98 Å². The van der Waals surface area contributed by atoms with Crippen molar-refractivity contribution in [3.63, 3.8) is 0 Å². The first kappa shape index (κ1) is 17.7. The van der Waals surface area contributed by atoms with Crippen LogP contribution in [0, 0.1) is 0 Å². The summed E-state index contributed by atoms with van der Waals surface area (Å²) in [4.78, 5) is 9.20. The number of nitrogens with one attached hydrogen (secondary N) is 1. The minimum absolute atomic E-state index is 0.548. The van der Waals surface area contributed by atoms with E-state index in [1.54, 1.807) is 23.1 Å². The van der Waals surface area contributed by atoms with E-state index in [1.165, 1.54) is 11.3 Å². The quantitative estimate of drug-likeness (QED) is 0.449. The molecule has 29 heavy (non-hydrogen) atoms. The van der Waals surface area contributed by atoms with E-state index in [1.807, 2.05) is 42.5 Å². The van der Waals surface area contributed by atoms with E-state index in [2.05, 4.69) is 31.5 Å². The number of halogens is 1. The Morgan fingerprint density at radius 2 is 1.90 bits per heavy atom. The monoisotopic (exact) mass is 419 g/mol. The first-order valence-electron chi connectivity index (χ1n) is 8.84. The highest BCUT2D eigenvalue weighted by Gasteiger charge is 2.11. The van der Waals surface area contributed by atoms with Crippen LogP contribution in [0.1, 0.15) is 4.88 Å². The number of hydrogen-bond donors (Lipinski definition) is 1. The van der Waals surface area contributed by atoms with Crippen molar-refractivity contribution in [2.24, 2.45) is 0 Å². The fraction of sp³-hybridized carbons (Fsp3) is 0.0500. The number of fused-ring (bicyclic) bond motifs is 1. The average molecular weight is 420 g/mol. The Morgan fingerprint density at radius 3 is 2.72 bits per heavy atom. The Balaban J connectivity index is 1.46. The van der Waals surface area contributed by atoms with E-state index in [9.17, 15) is 0 Å². The maximum absolute atomic E-state index is 5.90. The largest absolute Gasteiger partial charge is 0.380 e. The van der Waals surface area contributed by atoms with Gasteiger partial charge in [0.15, 0.2) is 15.9 Å². The van der Waals surface area contributed by atoms with Crippen molar-refractivity contribution in [1.29, 1.82) is 0 Å². The lowest BCUT2D eigenvalue weighted by Crippen LogP contribution is -1.99. The molecule has 0 saturated heterocycles. The minimum atomic E-state index is 0.548. The van der Waals surface area contributed by atoms with Gasteiger partial charge in [0.1, 0.15) is 0 Å². The van der Waals surface area contributed by atoms with Gasteiger partial charge < -0.3 is 5.32 Å². The van der Waals surface area contributed by atoms with Gasteiger partial charge in [-0.1, -0.05) is 23.7 Å². The van der Waals surface area contributed by atoms with E-state index in [0.717, 1.165) is 27.4 Å². The van der Waals surface area contributed by atoms with Crippen LogP contribution in [0.25, 0.3) is 28.3 Å². The zero-order valence-corrected chi connectivity index (χ0v) is 16.6. The molecule has 5 aromatic rings. The smallest absolute Gasteiger partial charge is 0.185 e. The van der Waals surface area contributed by atoms with Crippen molar-refractivity contribution in [2.75, 3.05) is 5.32 Å². The van der Waals surface area contributed by atoms with Gasteiger partial charge in [0.05, 0.1) is 12.2 Å². The second-order valence-electron chi connectivity index (χ2n) is 6.26. The number of thiazole rings is 1. The highest BCUT2D eigenvalue weighted by Crippen LogP contribution is 2.24. The minimum Gasteiger partial charge on any atom is -0.380 e. The van der Waals surface area contributed by atoms with Crippen LogP contribution in [-0.2, 0) is 6.54 Å². The zero-order valence-electron chi connectivity index (χ0n) is 15.0. The van der Waals surface area contributed by atoms with Crippen molar-refractivity contribution >= 4 is 34.3 Å². The molecule has 0 aliphatic heterocycles. The molecule has 1 aromatic carbocycles. The second kappa shape index (κ2) is 7.57. The highest BCUT2D eigenvalue weighted by atomic mass is 35.5. The maximum Gasteiger partial charge on any atom is 0.185 e. The molecule has 4 aromatic heterocycles. The Morgan fingerprint density at radius 1 is 1.00 bits per heavy atom. The Bertz CT molecular complexity index is 1280. The van der Waals surface area contributed by atoms with Gasteiger partial charge in [-0.2, -0.15) is 9.61 Å². The summed E-state index contributed by atoms with van der Waals surface area (Å²) in [6.45, 7) is 0.665. The van der Waals surface area contributed by atoms with Gasteiger partial charge >= 0.3 is 0 Å². The third-order valence-corrected chi connectivity index (χ3v) is 5.47. The average Bonchev–Trinajstić information content (AvgIpc) is 3.38. The molecule has 1 N–H and O–H groups in total. The predicted octanol–water partition coefficient (Wildman–Crippen LogP) is 4.58. The van der Waals surface area contributed by atoms with E-state index >= 15 is 0 Å². The van der Waals surface area contributed by atoms with Crippen LogP contribution < -0.4 is 5.32 Å². The normalized spacial score (nSPS) is 11.1. The number of anilines is 1. The molecule has 0 aliphatic rings. The van der Waals surface area contributed by atoms with Gasteiger partial charge in [0, 0.05) is 40.3 Å². The molecule has 142 valence electrons. The van der Waals surface area contributed by atoms with Crippen LogP contribution in [0.15, 0.2) is 67.1 Å². The summed E-state index contributed by atoms with van der Waals surface area (Å²) < 4.78 is 2.30. The fourth-order valence-corrected chi connectivity index (χ4v) is 3.88. The Labute approximate surface area is 175 Å². The number of benzene rings is 1. The molecule has 0 fully saturated rings. The number of hydrogen-bond acceptors (Lipinski definition) is 7. The molecule has 9 heteroatoms. The van der Waals surface area contributed by atoms with E-state index in [-0.39, 0.29) is 0 Å². The SMILES string of the molecule is Clc1ncc(CNc2cccc(-c3ccc4nnc(-c5ccncc5)n4n3)c2)s1. The lowest BCUT2D eigenvalue weighted by atomic mass is 10.1. The van der Waals surface area contributed by atoms with Crippen LogP contribution in [0.4, 0.5) is 5.69 Å². The van der Waals surface area contributed by atoms with Gasteiger partial charge in [-0.3, -0.25) is 4.98 Å². The molecular weight excluding hydrogens is 406 g/mol. The molecule has 0 bridgehead atoms. The molecule has 5 rings (SSSR count). The van der Waals surface area contributed by atoms with Crippen LogP contribution in [0.3, 0.4) is 0 Å². The lowest BCUT2D eigenvalue weighted by molar-refractivity contribution is 0.941. The fourth-order valence-electron chi connectivity index (χ4n) is 2.97. The molecule has 7 nitrogen and oxygen atoms in total. The van der Waals surface area contributed by atoms with Gasteiger partial charge in [0.2, 0.25) is 0 Å². The van der Waals surface area contributed by atoms with Crippen LogP contribution in [0.2, 0.25) is 4.47 Å². The zero-order chi connectivity index (χ0) is 19.6. The molecule has 0 atom stereocenters. The van der Waals surface area contributed by atoms with E-state index in [4.69, 9.17) is 16.7 Å². The predicted molar refractivity (Wildman–Crippen MR) is 114 cm³/mol. The summed E-state index contributed by atoms with van der Waals surface area (Å²) in [7, 11) is 0. The summed E-state index contributed by atoms with van der Waals surface area (Å²) in [5.74, 6) is 0.681. The topological polar surface area (TPSA) is 80.9 Å².